The van der Waals surface area contributed by atoms with Crippen molar-refractivity contribution in [3.8, 4) is 22.8 Å². The number of carbonyl (C=O) groups excluding carboxylic acids is 1. The summed E-state index contributed by atoms with van der Waals surface area (Å²) in [6.45, 7) is 0. The number of rotatable bonds is 6. The van der Waals surface area contributed by atoms with Crippen molar-refractivity contribution in [3.05, 3.63) is 53.7 Å². The Morgan fingerprint density at radius 2 is 2.20 bits per heavy atom. The molecule has 3 heterocycles. The number of hydrogen-bond donors (Lipinski definition) is 3. The van der Waals surface area contributed by atoms with Gasteiger partial charge in [-0.05, 0) is 0 Å². The minimum atomic E-state index is -0.493. The van der Waals surface area contributed by atoms with Gasteiger partial charge in [0, 0.05) is 0 Å². The van der Waals surface area contributed by atoms with Crippen molar-refractivity contribution >= 4 is 58.9 Å². The zero-order chi connectivity index (χ0) is 21.3. The first-order chi connectivity index (χ1) is 14.6. The quantitative estimate of drug-likeness (QED) is 0.204. The van der Waals surface area contributed by atoms with Gasteiger partial charge >= 0.3 is 208 Å². The van der Waals surface area contributed by atoms with E-state index in [0.717, 1.165) is 11.3 Å². The monoisotopic (exact) mass is 747 g/mol. The normalized spacial score (nSPS) is 15.5. The molecule has 0 bridgehead atoms. The maximum absolute atomic E-state index is 14.3. The van der Waals surface area contributed by atoms with E-state index in [2.05, 4.69) is 39.2 Å². The zero-order valence-electron chi connectivity index (χ0n) is 15.4. The molecule has 0 saturated carbocycles. The SMILES string of the molecule is COc1c(F)cccc1Nc1c(-c2ccncc2OI)[nH]c2c1C(=O)N[C@@H]([I-]I)C2. The zero-order valence-corrected chi connectivity index (χ0v) is 21.9. The number of alkyl halides is 1. The van der Waals surface area contributed by atoms with Crippen molar-refractivity contribution in [2.75, 3.05) is 12.4 Å². The predicted octanol–water partition coefficient (Wildman–Crippen LogP) is 1.75. The van der Waals surface area contributed by atoms with E-state index in [0.29, 0.717) is 34.8 Å². The number of halogens is 4. The number of hydrogen-bond acceptors (Lipinski definition) is 5. The van der Waals surface area contributed by atoms with Gasteiger partial charge in [0.25, 0.3) is 0 Å². The van der Waals surface area contributed by atoms with E-state index in [1.54, 1.807) is 53.6 Å². The standard InChI is InChI=1S/C19H15FI3N4O3/c1-29-18-10(20)3-2-4-11(18)25-17-15-12(7-14(23-21)27-19(15)28)26-16(17)9-5-6-24-8-13(9)30-22/h2-6,8,14,25-26H,7H2,1H3,(H,27,28)/q-1/t14-/m1/s1. The number of anilines is 2. The number of benzene rings is 1. The molecule has 3 aromatic rings. The minimum absolute atomic E-state index is 0.0747. The Hall–Kier alpha value is -1.36. The molecule has 2 aromatic heterocycles. The fraction of sp³-hybridized carbons (Fsp3) is 0.158. The number of aromatic nitrogens is 2. The molecule has 4 rings (SSSR count). The van der Waals surface area contributed by atoms with Gasteiger partial charge in [-0.15, -0.1) is 0 Å². The van der Waals surface area contributed by atoms with E-state index in [9.17, 15) is 9.18 Å². The van der Waals surface area contributed by atoms with Crippen LogP contribution in [0.15, 0.2) is 36.7 Å². The van der Waals surface area contributed by atoms with Gasteiger partial charge in [-0.2, -0.15) is 0 Å². The first-order valence-corrected chi connectivity index (χ1v) is 17.1. The number of pyridine rings is 1. The number of nitrogens with one attached hydrogen (secondary N) is 3. The molecule has 158 valence electrons. The van der Waals surface area contributed by atoms with Crippen molar-refractivity contribution in [2.24, 2.45) is 0 Å². The third kappa shape index (κ3) is 4.06. The summed E-state index contributed by atoms with van der Waals surface area (Å²) in [6, 6.07) is 6.41. The number of nitrogens with zero attached hydrogens (tertiary/aromatic N) is 1. The predicted molar refractivity (Wildman–Crippen MR) is 124 cm³/mol. The molecule has 0 saturated heterocycles. The second kappa shape index (κ2) is 9.42. The molecule has 0 spiro atoms. The number of para-hydroxylation sites is 1. The van der Waals surface area contributed by atoms with Gasteiger partial charge < -0.3 is 0 Å². The average Bonchev–Trinajstić information content (AvgIpc) is 3.12. The second-order valence-electron chi connectivity index (χ2n) is 6.35. The molecule has 1 aliphatic heterocycles. The summed E-state index contributed by atoms with van der Waals surface area (Å²) in [5.74, 6) is -0.0354. The van der Waals surface area contributed by atoms with Crippen LogP contribution < -0.4 is 35.7 Å². The Kier molecular flexibility index (Phi) is 6.86. The van der Waals surface area contributed by atoms with Crippen LogP contribution in [0.1, 0.15) is 16.1 Å². The van der Waals surface area contributed by atoms with Gasteiger partial charge in [-0.25, -0.2) is 0 Å². The Morgan fingerprint density at radius 1 is 1.37 bits per heavy atom. The summed E-state index contributed by atoms with van der Waals surface area (Å²) in [5.41, 5.74) is 3.71. The van der Waals surface area contributed by atoms with E-state index in [-0.39, 0.29) is 32.9 Å². The summed E-state index contributed by atoms with van der Waals surface area (Å²) in [4.78, 5) is 20.5. The van der Waals surface area contributed by atoms with E-state index < -0.39 is 5.82 Å². The van der Waals surface area contributed by atoms with Crippen LogP contribution in [0.25, 0.3) is 11.3 Å². The average molecular weight is 747 g/mol. The van der Waals surface area contributed by atoms with Crippen LogP contribution in [0, 0.1) is 5.82 Å². The number of methoxy groups -OCH3 is 1. The van der Waals surface area contributed by atoms with Crippen LogP contribution in [-0.4, -0.2) is 27.0 Å². The van der Waals surface area contributed by atoms with Crippen molar-refractivity contribution in [2.45, 2.75) is 10.5 Å². The van der Waals surface area contributed by atoms with E-state index in [4.69, 9.17) is 7.80 Å². The number of aromatic amines is 1. The fourth-order valence-corrected chi connectivity index (χ4v) is 6.64. The van der Waals surface area contributed by atoms with E-state index in [1.807, 2.05) is 0 Å². The van der Waals surface area contributed by atoms with Gasteiger partial charge in [0.1, 0.15) is 0 Å². The van der Waals surface area contributed by atoms with Crippen LogP contribution in [0.5, 0.6) is 11.5 Å². The Bertz CT molecular complexity index is 1110. The summed E-state index contributed by atoms with van der Waals surface area (Å²) in [5, 5.41) is 6.30. The molecule has 3 N–H and O–H groups in total. The van der Waals surface area contributed by atoms with Gasteiger partial charge in [-0.3, -0.25) is 0 Å². The molecular formula is C19H15FI3N4O3-. The number of ether oxygens (including phenoxy) is 1. The maximum atomic E-state index is 14.3. The number of carbonyl (C=O) groups is 1. The summed E-state index contributed by atoms with van der Waals surface area (Å²) in [7, 11) is 1.41. The molecule has 0 unspecified atom stereocenters. The summed E-state index contributed by atoms with van der Waals surface area (Å²) >= 11 is 3.96. The topological polar surface area (TPSA) is 88.3 Å². The molecule has 0 aliphatic carbocycles. The number of H-pyrrole nitrogens is 1. The van der Waals surface area contributed by atoms with Crippen molar-refractivity contribution < 1.29 is 34.2 Å². The first-order valence-electron chi connectivity index (χ1n) is 8.70. The molecule has 0 fully saturated rings. The Labute approximate surface area is 206 Å². The molecule has 11 heteroatoms. The number of fused-ring (bicyclic) bond motifs is 1. The van der Waals surface area contributed by atoms with Gasteiger partial charge in [0.15, 0.2) is 0 Å². The van der Waals surface area contributed by atoms with Crippen LogP contribution in [0.4, 0.5) is 15.8 Å². The van der Waals surface area contributed by atoms with E-state index in [1.165, 1.54) is 13.2 Å². The molecule has 0 radical (unpaired) electrons. The summed E-state index contributed by atoms with van der Waals surface area (Å²) in [6.07, 6.45) is 3.96. The van der Waals surface area contributed by atoms with Crippen LogP contribution in [0.3, 0.4) is 0 Å². The third-order valence-electron chi connectivity index (χ3n) is 4.64. The first kappa shape index (κ1) is 21.9. The summed E-state index contributed by atoms with van der Waals surface area (Å²) < 4.78 is 25.1. The molecule has 1 aromatic carbocycles. The van der Waals surface area contributed by atoms with Crippen molar-refractivity contribution in [1.29, 1.82) is 0 Å². The van der Waals surface area contributed by atoms with Gasteiger partial charge in [0.2, 0.25) is 0 Å². The molecular weight excluding hydrogens is 732 g/mol. The van der Waals surface area contributed by atoms with Crippen molar-refractivity contribution in [1.82, 2.24) is 15.3 Å². The van der Waals surface area contributed by atoms with Crippen LogP contribution >= 0.6 is 41.6 Å². The van der Waals surface area contributed by atoms with Gasteiger partial charge in [0.05, 0.1) is 0 Å². The Balaban J connectivity index is 1.91. The number of amides is 1. The molecule has 1 amide bonds. The van der Waals surface area contributed by atoms with Crippen molar-refractivity contribution in [3.63, 3.8) is 0 Å². The fourth-order valence-electron chi connectivity index (χ4n) is 3.37. The molecule has 7 nitrogen and oxygen atoms in total. The van der Waals surface area contributed by atoms with Crippen LogP contribution in [0.2, 0.25) is 0 Å². The van der Waals surface area contributed by atoms with E-state index >= 15 is 0 Å². The van der Waals surface area contributed by atoms with Crippen LogP contribution in [-0.2, 0) is 6.42 Å². The third-order valence-corrected chi connectivity index (χ3v) is 10.3. The second-order valence-corrected chi connectivity index (χ2v) is 11.9. The Morgan fingerprint density at radius 3 is 2.93 bits per heavy atom. The molecule has 1 aliphatic rings. The van der Waals surface area contributed by atoms with Gasteiger partial charge in [-0.1, -0.05) is 0 Å². The molecule has 1 atom stereocenters. The molecule has 30 heavy (non-hydrogen) atoms.